The van der Waals surface area contributed by atoms with Crippen LogP contribution in [0.1, 0.15) is 20.0 Å². The molecule has 1 aromatic heterocycles. The molecule has 2 N–H and O–H groups in total. The van der Waals surface area contributed by atoms with Crippen molar-refractivity contribution in [2.45, 2.75) is 0 Å². The molecule has 2 aromatic rings. The summed E-state index contributed by atoms with van der Waals surface area (Å²) in [6.07, 6.45) is 0. The number of hydrogen-bond acceptors (Lipinski definition) is 6. The van der Waals surface area contributed by atoms with Crippen LogP contribution in [-0.2, 0) is 14.3 Å². The van der Waals surface area contributed by atoms with Gasteiger partial charge < -0.3 is 15.4 Å². The van der Waals surface area contributed by atoms with Crippen molar-refractivity contribution in [1.82, 2.24) is 10.6 Å². The summed E-state index contributed by atoms with van der Waals surface area (Å²) >= 11 is 1.24. The number of carbonyl (C=O) groups excluding carboxylic acids is 4. The summed E-state index contributed by atoms with van der Waals surface area (Å²) in [6, 6.07) is 8.32. The monoisotopic (exact) mass is 378 g/mol. The van der Waals surface area contributed by atoms with Gasteiger partial charge in [-0.1, -0.05) is 18.2 Å². The maximum Gasteiger partial charge on any atom is 0.325 e. The molecule has 0 aliphatic rings. The van der Waals surface area contributed by atoms with E-state index in [1.807, 2.05) is 0 Å². The van der Waals surface area contributed by atoms with E-state index in [0.29, 0.717) is 4.88 Å². The second-order valence-corrected chi connectivity index (χ2v) is 5.98. The molecule has 0 bridgehead atoms. The van der Waals surface area contributed by atoms with E-state index in [4.69, 9.17) is 4.74 Å². The van der Waals surface area contributed by atoms with Crippen molar-refractivity contribution in [2.24, 2.45) is 0 Å². The second-order valence-electron chi connectivity index (χ2n) is 5.03. The maximum absolute atomic E-state index is 13.0. The lowest BCUT2D eigenvalue weighted by Crippen LogP contribution is -2.39. The van der Waals surface area contributed by atoms with Gasteiger partial charge in [-0.15, -0.1) is 11.3 Å². The van der Waals surface area contributed by atoms with Gasteiger partial charge in [0.2, 0.25) is 5.91 Å². The van der Waals surface area contributed by atoms with Gasteiger partial charge in [0.15, 0.2) is 12.4 Å². The van der Waals surface area contributed by atoms with Crippen LogP contribution in [0.2, 0.25) is 0 Å². The van der Waals surface area contributed by atoms with Crippen LogP contribution in [0.15, 0.2) is 41.8 Å². The highest BCUT2D eigenvalue weighted by Gasteiger charge is 2.13. The standard InChI is InChI=1S/C17H15FN2O5S/c18-12-4-1-3-11(7-12)13(21)10-25-16(23)9-19-15(22)8-20-17(24)14-5-2-6-26-14/h1-7H,8-10H2,(H,19,22)(H,20,24). The molecule has 0 atom stereocenters. The summed E-state index contributed by atoms with van der Waals surface area (Å²) in [4.78, 5) is 47.0. The number of Topliss-reactive ketones (excluding diaryl/α,β-unsaturated/α-hetero) is 1. The Labute approximate surface area is 152 Å². The number of nitrogens with one attached hydrogen (secondary N) is 2. The van der Waals surface area contributed by atoms with Gasteiger partial charge in [0, 0.05) is 5.56 Å². The number of thiophene rings is 1. The van der Waals surface area contributed by atoms with Crippen LogP contribution in [-0.4, -0.2) is 43.3 Å². The van der Waals surface area contributed by atoms with Crippen molar-refractivity contribution >= 4 is 34.9 Å². The predicted molar refractivity (Wildman–Crippen MR) is 91.4 cm³/mol. The highest BCUT2D eigenvalue weighted by Crippen LogP contribution is 2.07. The number of ketones is 1. The first-order valence-corrected chi connectivity index (χ1v) is 8.36. The molecule has 0 aliphatic carbocycles. The first-order chi connectivity index (χ1) is 12.5. The molecule has 0 unspecified atom stereocenters. The van der Waals surface area contributed by atoms with Gasteiger partial charge in [0.05, 0.1) is 11.4 Å². The molecular formula is C17H15FN2O5S. The van der Waals surface area contributed by atoms with Crippen molar-refractivity contribution in [3.8, 4) is 0 Å². The topological polar surface area (TPSA) is 102 Å². The zero-order chi connectivity index (χ0) is 18.9. The van der Waals surface area contributed by atoms with Crippen molar-refractivity contribution in [3.05, 3.63) is 58.0 Å². The van der Waals surface area contributed by atoms with Crippen LogP contribution in [0, 0.1) is 5.82 Å². The molecule has 2 amide bonds. The number of amides is 2. The summed E-state index contributed by atoms with van der Waals surface area (Å²) in [5, 5.41) is 6.40. The number of rotatable bonds is 8. The average Bonchev–Trinajstić information content (AvgIpc) is 3.17. The fourth-order valence-corrected chi connectivity index (χ4v) is 2.47. The summed E-state index contributed by atoms with van der Waals surface area (Å²) in [5.41, 5.74) is 0.0816. The second kappa shape index (κ2) is 9.42. The molecular weight excluding hydrogens is 363 g/mol. The fraction of sp³-hybridized carbons (Fsp3) is 0.176. The minimum absolute atomic E-state index is 0.0816. The third kappa shape index (κ3) is 6.10. The lowest BCUT2D eigenvalue weighted by atomic mass is 10.1. The van der Waals surface area contributed by atoms with Gasteiger partial charge in [-0.05, 0) is 23.6 Å². The highest BCUT2D eigenvalue weighted by atomic mass is 32.1. The van der Waals surface area contributed by atoms with E-state index in [-0.39, 0.29) is 12.1 Å². The smallest absolute Gasteiger partial charge is 0.325 e. The van der Waals surface area contributed by atoms with E-state index >= 15 is 0 Å². The number of halogens is 1. The van der Waals surface area contributed by atoms with Crippen molar-refractivity contribution < 1.29 is 28.3 Å². The molecule has 2 rings (SSSR count). The van der Waals surface area contributed by atoms with Crippen molar-refractivity contribution in [2.75, 3.05) is 19.7 Å². The Morgan fingerprint density at radius 3 is 2.54 bits per heavy atom. The Morgan fingerprint density at radius 2 is 1.85 bits per heavy atom. The van der Waals surface area contributed by atoms with Crippen LogP contribution in [0.3, 0.4) is 0 Å². The molecule has 0 aliphatic heterocycles. The number of ether oxygens (including phenoxy) is 1. The van der Waals surface area contributed by atoms with E-state index in [1.54, 1.807) is 17.5 Å². The molecule has 0 radical (unpaired) electrons. The molecule has 136 valence electrons. The molecule has 9 heteroatoms. The zero-order valence-electron chi connectivity index (χ0n) is 13.5. The average molecular weight is 378 g/mol. The summed E-state index contributed by atoms with van der Waals surface area (Å²) in [6.45, 7) is -1.32. The first kappa shape index (κ1) is 19.3. The SMILES string of the molecule is O=C(CNC(=O)c1cccs1)NCC(=O)OCC(=O)c1cccc(F)c1. The van der Waals surface area contributed by atoms with Crippen LogP contribution < -0.4 is 10.6 Å². The maximum atomic E-state index is 13.0. The van der Waals surface area contributed by atoms with Crippen LogP contribution in [0.5, 0.6) is 0 Å². The van der Waals surface area contributed by atoms with Gasteiger partial charge >= 0.3 is 5.97 Å². The van der Waals surface area contributed by atoms with Gasteiger partial charge in [-0.2, -0.15) is 0 Å². The Kier molecular flexibility index (Phi) is 6.98. The molecule has 1 aromatic carbocycles. The van der Waals surface area contributed by atoms with Crippen LogP contribution in [0.25, 0.3) is 0 Å². The molecule has 0 saturated carbocycles. The van der Waals surface area contributed by atoms with Crippen molar-refractivity contribution in [1.29, 1.82) is 0 Å². The Bertz CT molecular complexity index is 807. The zero-order valence-corrected chi connectivity index (χ0v) is 14.3. The molecule has 26 heavy (non-hydrogen) atoms. The number of benzene rings is 1. The minimum Gasteiger partial charge on any atom is -0.456 e. The first-order valence-electron chi connectivity index (χ1n) is 7.48. The van der Waals surface area contributed by atoms with E-state index in [2.05, 4.69) is 10.6 Å². The quantitative estimate of drug-likeness (QED) is 0.530. The molecule has 1 heterocycles. The van der Waals surface area contributed by atoms with Crippen molar-refractivity contribution in [3.63, 3.8) is 0 Å². The number of esters is 1. The Balaban J connectivity index is 1.65. The van der Waals surface area contributed by atoms with Gasteiger partial charge in [-0.3, -0.25) is 19.2 Å². The van der Waals surface area contributed by atoms with Gasteiger partial charge in [0.1, 0.15) is 12.4 Å². The van der Waals surface area contributed by atoms with Gasteiger partial charge in [0.25, 0.3) is 5.91 Å². The minimum atomic E-state index is -0.826. The van der Waals surface area contributed by atoms with E-state index < -0.39 is 42.5 Å². The van der Waals surface area contributed by atoms with Crippen LogP contribution in [0.4, 0.5) is 4.39 Å². The highest BCUT2D eigenvalue weighted by molar-refractivity contribution is 7.12. The number of hydrogen-bond donors (Lipinski definition) is 2. The fourth-order valence-electron chi connectivity index (χ4n) is 1.83. The lowest BCUT2D eigenvalue weighted by molar-refractivity contribution is -0.142. The Hall–Kier alpha value is -3.07. The molecule has 0 spiro atoms. The summed E-state index contributed by atoms with van der Waals surface area (Å²) < 4.78 is 17.7. The predicted octanol–water partition coefficient (Wildman–Crippen LogP) is 1.16. The van der Waals surface area contributed by atoms with E-state index in [1.165, 1.54) is 29.5 Å². The van der Waals surface area contributed by atoms with Crippen LogP contribution >= 0.6 is 11.3 Å². The normalized spacial score (nSPS) is 10.0. The van der Waals surface area contributed by atoms with Gasteiger partial charge in [-0.25, -0.2) is 4.39 Å². The molecule has 0 saturated heterocycles. The number of carbonyl (C=O) groups is 4. The van der Waals surface area contributed by atoms with E-state index in [9.17, 15) is 23.6 Å². The third-order valence-electron chi connectivity index (χ3n) is 3.10. The largest absolute Gasteiger partial charge is 0.456 e. The molecule has 7 nitrogen and oxygen atoms in total. The third-order valence-corrected chi connectivity index (χ3v) is 3.96. The molecule has 0 fully saturated rings. The lowest BCUT2D eigenvalue weighted by Gasteiger charge is -2.07. The summed E-state index contributed by atoms with van der Waals surface area (Å²) in [7, 11) is 0. The Morgan fingerprint density at radius 1 is 1.04 bits per heavy atom. The van der Waals surface area contributed by atoms with E-state index in [0.717, 1.165) is 6.07 Å². The summed E-state index contributed by atoms with van der Waals surface area (Å²) in [5.74, 6) is -2.93.